The van der Waals surface area contributed by atoms with E-state index in [1.54, 1.807) is 7.11 Å². The Hall–Kier alpha value is -1.92. The van der Waals surface area contributed by atoms with E-state index in [2.05, 4.69) is 4.72 Å². The fraction of sp³-hybridized carbons (Fsp3) is 0.368. The highest BCUT2D eigenvalue weighted by atomic mass is 32.2. The van der Waals surface area contributed by atoms with Crippen LogP contribution in [0.25, 0.3) is 0 Å². The molecule has 0 saturated carbocycles. The average Bonchev–Trinajstić information content (AvgIpc) is 2.55. The van der Waals surface area contributed by atoms with E-state index in [0.29, 0.717) is 17.9 Å². The summed E-state index contributed by atoms with van der Waals surface area (Å²) >= 11 is 0. The molecule has 0 fully saturated rings. The van der Waals surface area contributed by atoms with E-state index in [1.165, 1.54) is 24.3 Å². The van der Waals surface area contributed by atoms with Crippen LogP contribution in [0, 0.1) is 11.7 Å². The molecule has 0 heterocycles. The van der Waals surface area contributed by atoms with Gasteiger partial charge in [0.2, 0.25) is 10.0 Å². The highest BCUT2D eigenvalue weighted by Gasteiger charge is 2.21. The van der Waals surface area contributed by atoms with Crippen molar-refractivity contribution in [3.8, 4) is 5.75 Å². The minimum absolute atomic E-state index is 0.183. The zero-order chi connectivity index (χ0) is 18.4. The van der Waals surface area contributed by atoms with Crippen molar-refractivity contribution >= 4 is 10.0 Å². The molecular weight excluding hydrogens is 341 g/mol. The molecule has 2 rings (SSSR count). The maximum Gasteiger partial charge on any atom is 0.216 e. The maximum atomic E-state index is 13.0. The van der Waals surface area contributed by atoms with Crippen molar-refractivity contribution < 1.29 is 17.5 Å². The van der Waals surface area contributed by atoms with Gasteiger partial charge in [-0.25, -0.2) is 17.5 Å². The van der Waals surface area contributed by atoms with Gasteiger partial charge in [0.05, 0.1) is 12.9 Å². The lowest BCUT2D eigenvalue weighted by Gasteiger charge is -2.21. The summed E-state index contributed by atoms with van der Waals surface area (Å²) < 4.78 is 46.0. The standard InChI is InChI=1S/C19H24FNO3S/c1-14(2)12-19(16-6-10-18(24-3)11-7-16)21-25(22,23)13-15-4-8-17(20)9-5-15/h4-11,14,19,21H,12-13H2,1-3H3/t19-/m0/s1. The number of benzene rings is 2. The molecule has 4 nitrogen and oxygen atoms in total. The summed E-state index contributed by atoms with van der Waals surface area (Å²) in [5.74, 6) is 0.477. The van der Waals surface area contributed by atoms with E-state index in [0.717, 1.165) is 11.3 Å². The van der Waals surface area contributed by atoms with Crippen molar-refractivity contribution in [2.45, 2.75) is 32.1 Å². The topological polar surface area (TPSA) is 55.4 Å². The summed E-state index contributed by atoms with van der Waals surface area (Å²) in [5, 5.41) is 0. The fourth-order valence-electron chi connectivity index (χ4n) is 2.62. The molecule has 2 aromatic rings. The van der Waals surface area contributed by atoms with Crippen molar-refractivity contribution in [1.29, 1.82) is 0 Å². The fourth-order valence-corrected chi connectivity index (χ4v) is 4.00. The number of ether oxygens (including phenoxy) is 1. The van der Waals surface area contributed by atoms with Gasteiger partial charge in [-0.05, 0) is 47.7 Å². The largest absolute Gasteiger partial charge is 0.497 e. The van der Waals surface area contributed by atoms with Crippen LogP contribution in [0.15, 0.2) is 48.5 Å². The molecule has 0 amide bonds. The first-order chi connectivity index (χ1) is 11.8. The summed E-state index contributed by atoms with van der Waals surface area (Å²) in [6, 6.07) is 12.5. The molecule has 2 aromatic carbocycles. The molecule has 1 N–H and O–H groups in total. The van der Waals surface area contributed by atoms with Crippen LogP contribution in [0.1, 0.15) is 37.4 Å². The van der Waals surface area contributed by atoms with E-state index >= 15 is 0 Å². The molecule has 0 bridgehead atoms. The van der Waals surface area contributed by atoms with Crippen LogP contribution >= 0.6 is 0 Å². The molecule has 0 unspecified atom stereocenters. The summed E-state index contributed by atoms with van der Waals surface area (Å²) in [4.78, 5) is 0. The lowest BCUT2D eigenvalue weighted by Crippen LogP contribution is -2.30. The Morgan fingerprint density at radius 2 is 1.64 bits per heavy atom. The number of methoxy groups -OCH3 is 1. The second kappa shape index (κ2) is 8.45. The van der Waals surface area contributed by atoms with Crippen LogP contribution < -0.4 is 9.46 Å². The van der Waals surface area contributed by atoms with Gasteiger partial charge in [0.25, 0.3) is 0 Å². The summed E-state index contributed by atoms with van der Waals surface area (Å²) in [6.45, 7) is 4.09. The minimum atomic E-state index is -3.56. The van der Waals surface area contributed by atoms with Gasteiger partial charge in [0.15, 0.2) is 0 Å². The van der Waals surface area contributed by atoms with Crippen LogP contribution in [0.5, 0.6) is 5.75 Å². The van der Waals surface area contributed by atoms with Crippen molar-refractivity contribution in [3.05, 3.63) is 65.5 Å². The Balaban J connectivity index is 2.17. The number of sulfonamides is 1. The molecule has 1 atom stereocenters. The quantitative estimate of drug-likeness (QED) is 0.768. The first-order valence-electron chi connectivity index (χ1n) is 8.17. The van der Waals surface area contributed by atoms with E-state index in [1.807, 2.05) is 38.1 Å². The number of halogens is 1. The normalized spacial score (nSPS) is 13.0. The molecule has 0 aromatic heterocycles. The Kier molecular flexibility index (Phi) is 6.56. The molecule has 0 spiro atoms. The van der Waals surface area contributed by atoms with E-state index in [9.17, 15) is 12.8 Å². The van der Waals surface area contributed by atoms with Crippen molar-refractivity contribution in [1.82, 2.24) is 4.72 Å². The third kappa shape index (κ3) is 6.14. The zero-order valence-corrected chi connectivity index (χ0v) is 15.5. The molecule has 0 saturated heterocycles. The van der Waals surface area contributed by atoms with Gasteiger partial charge in [0.1, 0.15) is 11.6 Å². The predicted molar refractivity (Wildman–Crippen MR) is 97.3 cm³/mol. The first-order valence-corrected chi connectivity index (χ1v) is 9.82. The van der Waals surface area contributed by atoms with E-state index in [-0.39, 0.29) is 17.6 Å². The lowest BCUT2D eigenvalue weighted by molar-refractivity contribution is 0.414. The minimum Gasteiger partial charge on any atom is -0.497 e. The second-order valence-corrected chi connectivity index (χ2v) is 8.21. The number of hydrogen-bond acceptors (Lipinski definition) is 3. The molecule has 0 aliphatic heterocycles. The second-order valence-electron chi connectivity index (χ2n) is 6.46. The van der Waals surface area contributed by atoms with Crippen molar-refractivity contribution in [3.63, 3.8) is 0 Å². The van der Waals surface area contributed by atoms with Gasteiger partial charge >= 0.3 is 0 Å². The average molecular weight is 365 g/mol. The Morgan fingerprint density at radius 1 is 1.04 bits per heavy atom. The molecule has 6 heteroatoms. The predicted octanol–water partition coefficient (Wildman–Crippen LogP) is 4.04. The van der Waals surface area contributed by atoms with Gasteiger partial charge in [-0.3, -0.25) is 0 Å². The highest BCUT2D eigenvalue weighted by molar-refractivity contribution is 7.88. The van der Waals surface area contributed by atoms with Gasteiger partial charge in [-0.1, -0.05) is 38.1 Å². The van der Waals surface area contributed by atoms with Gasteiger partial charge in [-0.2, -0.15) is 0 Å². The van der Waals surface area contributed by atoms with Crippen molar-refractivity contribution in [2.75, 3.05) is 7.11 Å². The lowest BCUT2D eigenvalue weighted by atomic mass is 9.98. The summed E-state index contributed by atoms with van der Waals surface area (Å²) in [5.41, 5.74) is 1.43. The van der Waals surface area contributed by atoms with E-state index < -0.39 is 10.0 Å². The van der Waals surface area contributed by atoms with Gasteiger partial charge in [0, 0.05) is 6.04 Å². The van der Waals surface area contributed by atoms with Gasteiger partial charge < -0.3 is 4.74 Å². The highest BCUT2D eigenvalue weighted by Crippen LogP contribution is 2.25. The molecule has 25 heavy (non-hydrogen) atoms. The number of rotatable bonds is 8. The van der Waals surface area contributed by atoms with Crippen LogP contribution in [0.3, 0.4) is 0 Å². The monoisotopic (exact) mass is 365 g/mol. The van der Waals surface area contributed by atoms with Crippen LogP contribution in [-0.2, 0) is 15.8 Å². The van der Waals surface area contributed by atoms with Crippen LogP contribution in [-0.4, -0.2) is 15.5 Å². The third-order valence-corrected chi connectivity index (χ3v) is 5.17. The van der Waals surface area contributed by atoms with Crippen molar-refractivity contribution in [2.24, 2.45) is 5.92 Å². The molecule has 136 valence electrons. The maximum absolute atomic E-state index is 13.0. The molecular formula is C19H24FNO3S. The Morgan fingerprint density at radius 3 is 2.16 bits per heavy atom. The molecule has 0 radical (unpaired) electrons. The molecule has 0 aliphatic rings. The van der Waals surface area contributed by atoms with Gasteiger partial charge in [-0.15, -0.1) is 0 Å². The Labute approximate surface area is 149 Å². The first kappa shape index (κ1) is 19.4. The van der Waals surface area contributed by atoms with Crippen LogP contribution in [0.2, 0.25) is 0 Å². The number of hydrogen-bond donors (Lipinski definition) is 1. The van der Waals surface area contributed by atoms with Crippen LogP contribution in [0.4, 0.5) is 4.39 Å². The summed E-state index contributed by atoms with van der Waals surface area (Å²) in [7, 11) is -1.97. The smallest absolute Gasteiger partial charge is 0.216 e. The zero-order valence-electron chi connectivity index (χ0n) is 14.7. The number of nitrogens with one attached hydrogen (secondary N) is 1. The summed E-state index contributed by atoms with van der Waals surface area (Å²) in [6.07, 6.45) is 0.676. The Bertz CT molecular complexity index is 771. The SMILES string of the molecule is COc1ccc([C@H](CC(C)C)NS(=O)(=O)Cc2ccc(F)cc2)cc1. The van der Waals surface area contributed by atoms with E-state index in [4.69, 9.17) is 4.74 Å². The third-order valence-electron chi connectivity index (χ3n) is 3.82. The molecule has 0 aliphatic carbocycles.